The fourth-order valence-corrected chi connectivity index (χ4v) is 2.64. The van der Waals surface area contributed by atoms with Gasteiger partial charge in [0.1, 0.15) is 0 Å². The normalized spacial score (nSPS) is 10.9. The number of rotatable bonds is 4. The molecule has 0 aliphatic rings. The van der Waals surface area contributed by atoms with Gasteiger partial charge in [-0.2, -0.15) is 0 Å². The van der Waals surface area contributed by atoms with Gasteiger partial charge in [-0.1, -0.05) is 20.3 Å². The van der Waals surface area contributed by atoms with E-state index >= 15 is 0 Å². The van der Waals surface area contributed by atoms with Crippen LogP contribution in [0.3, 0.4) is 0 Å². The van der Waals surface area contributed by atoms with Gasteiger partial charge in [0.2, 0.25) is 0 Å². The van der Waals surface area contributed by atoms with Crippen LogP contribution in [-0.4, -0.2) is 0 Å². The third-order valence-electron chi connectivity index (χ3n) is 4.09. The Morgan fingerprint density at radius 2 is 1.19 bits per heavy atom. The fraction of sp³-hybridized carbons (Fsp3) is 0.625. The van der Waals surface area contributed by atoms with Gasteiger partial charge in [0.25, 0.3) is 0 Å². The molecule has 0 nitrogen and oxygen atoms in total. The van der Waals surface area contributed by atoms with Crippen LogP contribution in [0.1, 0.15) is 60.1 Å². The summed E-state index contributed by atoms with van der Waals surface area (Å²) in [6.45, 7) is 13.7. The summed E-state index contributed by atoms with van der Waals surface area (Å²) < 4.78 is 0. The van der Waals surface area contributed by atoms with Crippen molar-refractivity contribution in [1.29, 1.82) is 0 Å². The van der Waals surface area contributed by atoms with E-state index in [2.05, 4.69) is 41.5 Å². The zero-order chi connectivity index (χ0) is 12.3. The van der Waals surface area contributed by atoms with Gasteiger partial charge in [-0.25, -0.2) is 0 Å². The van der Waals surface area contributed by atoms with Crippen LogP contribution in [0.2, 0.25) is 0 Å². The Balaban J connectivity index is 3.33. The SMILES string of the molecule is CCCCc1c(C)c(C)c(C)c(C)c1CC. The average molecular weight is 218 g/mol. The minimum Gasteiger partial charge on any atom is -0.0654 e. The first-order valence-corrected chi connectivity index (χ1v) is 6.62. The summed E-state index contributed by atoms with van der Waals surface area (Å²) >= 11 is 0. The predicted molar refractivity (Wildman–Crippen MR) is 73.4 cm³/mol. The molecule has 0 heteroatoms. The molecule has 1 rings (SSSR count). The van der Waals surface area contributed by atoms with Crippen LogP contribution in [0, 0.1) is 27.7 Å². The van der Waals surface area contributed by atoms with E-state index in [1.165, 1.54) is 47.9 Å². The lowest BCUT2D eigenvalue weighted by Crippen LogP contribution is -2.05. The molecule has 16 heavy (non-hydrogen) atoms. The van der Waals surface area contributed by atoms with E-state index in [0.29, 0.717) is 0 Å². The van der Waals surface area contributed by atoms with E-state index in [1.807, 2.05) is 0 Å². The molecule has 0 aromatic heterocycles. The van der Waals surface area contributed by atoms with Gasteiger partial charge in [0.15, 0.2) is 0 Å². The summed E-state index contributed by atoms with van der Waals surface area (Å²) in [5.74, 6) is 0. The molecule has 0 aliphatic carbocycles. The zero-order valence-corrected chi connectivity index (χ0v) is 11.8. The van der Waals surface area contributed by atoms with Crippen molar-refractivity contribution in [2.45, 2.75) is 67.2 Å². The highest BCUT2D eigenvalue weighted by molar-refractivity contribution is 5.50. The molecule has 0 saturated carbocycles. The standard InChI is InChI=1S/C16H26/c1-7-9-10-16-14(6)12(4)11(3)13(5)15(16)8-2/h7-10H2,1-6H3. The summed E-state index contributed by atoms with van der Waals surface area (Å²) in [5.41, 5.74) is 9.29. The quantitative estimate of drug-likeness (QED) is 0.679. The molecule has 1 aromatic rings. The molecule has 0 amide bonds. The third kappa shape index (κ3) is 2.31. The Morgan fingerprint density at radius 3 is 1.62 bits per heavy atom. The first-order valence-electron chi connectivity index (χ1n) is 6.62. The minimum absolute atomic E-state index is 1.17. The number of hydrogen-bond donors (Lipinski definition) is 0. The van der Waals surface area contributed by atoms with Crippen LogP contribution >= 0.6 is 0 Å². The maximum atomic E-state index is 2.30. The highest BCUT2D eigenvalue weighted by Gasteiger charge is 2.12. The van der Waals surface area contributed by atoms with Crippen LogP contribution in [0.25, 0.3) is 0 Å². The number of unbranched alkanes of at least 4 members (excludes halogenated alkanes) is 1. The molecule has 0 fully saturated rings. The average Bonchev–Trinajstić information content (AvgIpc) is 2.29. The highest BCUT2D eigenvalue weighted by Crippen LogP contribution is 2.28. The molecule has 0 aliphatic heterocycles. The van der Waals surface area contributed by atoms with Crippen molar-refractivity contribution >= 4 is 0 Å². The topological polar surface area (TPSA) is 0 Å². The minimum atomic E-state index is 1.17. The van der Waals surface area contributed by atoms with Crippen LogP contribution in [0.4, 0.5) is 0 Å². The molecule has 0 bridgehead atoms. The largest absolute Gasteiger partial charge is 0.0654 e. The first-order chi connectivity index (χ1) is 7.54. The zero-order valence-electron chi connectivity index (χ0n) is 11.8. The fourth-order valence-electron chi connectivity index (χ4n) is 2.64. The summed E-state index contributed by atoms with van der Waals surface area (Å²) in [5, 5.41) is 0. The van der Waals surface area contributed by atoms with Gasteiger partial charge >= 0.3 is 0 Å². The molecule has 1 aromatic carbocycles. The molecule has 0 unspecified atom stereocenters. The van der Waals surface area contributed by atoms with Gasteiger partial charge in [-0.15, -0.1) is 0 Å². The Bertz CT molecular complexity index is 372. The van der Waals surface area contributed by atoms with Crippen molar-refractivity contribution in [2.75, 3.05) is 0 Å². The molecule has 0 heterocycles. The van der Waals surface area contributed by atoms with E-state index in [4.69, 9.17) is 0 Å². The molecule has 0 N–H and O–H groups in total. The summed E-state index contributed by atoms with van der Waals surface area (Å²) in [6, 6.07) is 0. The second-order valence-electron chi connectivity index (χ2n) is 4.91. The van der Waals surface area contributed by atoms with E-state index in [-0.39, 0.29) is 0 Å². The summed E-state index contributed by atoms with van der Waals surface area (Å²) in [7, 11) is 0. The first kappa shape index (κ1) is 13.3. The van der Waals surface area contributed by atoms with Gasteiger partial charge in [0.05, 0.1) is 0 Å². The molecular formula is C16H26. The molecule has 0 atom stereocenters. The molecule has 0 radical (unpaired) electrons. The van der Waals surface area contributed by atoms with E-state index in [1.54, 1.807) is 11.1 Å². The van der Waals surface area contributed by atoms with Crippen molar-refractivity contribution in [3.8, 4) is 0 Å². The Labute approximate surface area is 101 Å². The lowest BCUT2D eigenvalue weighted by atomic mass is 9.86. The number of hydrogen-bond acceptors (Lipinski definition) is 0. The van der Waals surface area contributed by atoms with Crippen molar-refractivity contribution in [1.82, 2.24) is 0 Å². The van der Waals surface area contributed by atoms with Crippen molar-refractivity contribution in [3.63, 3.8) is 0 Å². The van der Waals surface area contributed by atoms with Crippen molar-refractivity contribution in [3.05, 3.63) is 33.4 Å². The predicted octanol–water partition coefficient (Wildman–Crippen LogP) is 4.83. The van der Waals surface area contributed by atoms with Crippen LogP contribution < -0.4 is 0 Å². The maximum Gasteiger partial charge on any atom is -0.0273 e. The second kappa shape index (κ2) is 5.52. The molecular weight excluding hydrogens is 192 g/mol. The molecule has 0 saturated heterocycles. The highest BCUT2D eigenvalue weighted by atomic mass is 14.2. The second-order valence-corrected chi connectivity index (χ2v) is 4.91. The van der Waals surface area contributed by atoms with Gasteiger partial charge in [0, 0.05) is 0 Å². The summed E-state index contributed by atoms with van der Waals surface area (Å²) in [6.07, 6.45) is 5.03. The third-order valence-corrected chi connectivity index (χ3v) is 4.09. The molecule has 90 valence electrons. The van der Waals surface area contributed by atoms with Gasteiger partial charge in [-0.3, -0.25) is 0 Å². The van der Waals surface area contributed by atoms with Crippen molar-refractivity contribution in [2.24, 2.45) is 0 Å². The molecule has 0 spiro atoms. The lowest BCUT2D eigenvalue weighted by Gasteiger charge is -2.20. The van der Waals surface area contributed by atoms with Gasteiger partial charge in [-0.05, 0) is 80.3 Å². The van der Waals surface area contributed by atoms with Crippen LogP contribution in [0.5, 0.6) is 0 Å². The smallest absolute Gasteiger partial charge is 0.0273 e. The Hall–Kier alpha value is -0.780. The lowest BCUT2D eigenvalue weighted by molar-refractivity contribution is 0.779. The Kier molecular flexibility index (Phi) is 4.58. The summed E-state index contributed by atoms with van der Waals surface area (Å²) in [4.78, 5) is 0. The monoisotopic (exact) mass is 218 g/mol. The maximum absolute atomic E-state index is 2.30. The van der Waals surface area contributed by atoms with Gasteiger partial charge < -0.3 is 0 Å². The number of benzene rings is 1. The Morgan fingerprint density at radius 1 is 0.688 bits per heavy atom. The van der Waals surface area contributed by atoms with Crippen LogP contribution in [-0.2, 0) is 12.8 Å². The van der Waals surface area contributed by atoms with Crippen molar-refractivity contribution < 1.29 is 0 Å². The van der Waals surface area contributed by atoms with E-state index < -0.39 is 0 Å². The van der Waals surface area contributed by atoms with E-state index in [0.717, 1.165) is 0 Å². The van der Waals surface area contributed by atoms with E-state index in [9.17, 15) is 0 Å². The van der Waals surface area contributed by atoms with Crippen LogP contribution in [0.15, 0.2) is 0 Å².